The second-order valence-electron chi connectivity index (χ2n) is 4.26. The summed E-state index contributed by atoms with van der Waals surface area (Å²) in [4.78, 5) is 0. The smallest absolute Gasteiger partial charge is 0.0796 e. The molecule has 1 aromatic rings. The monoisotopic (exact) mass is 191 g/mol. The van der Waals surface area contributed by atoms with Gasteiger partial charge in [0, 0.05) is 0 Å². The fourth-order valence-electron chi connectivity index (χ4n) is 2.23. The Kier molecular flexibility index (Phi) is 2.57. The third kappa shape index (κ3) is 1.68. The van der Waals surface area contributed by atoms with Crippen molar-refractivity contribution in [3.05, 3.63) is 34.9 Å². The van der Waals surface area contributed by atoms with Crippen LogP contribution in [-0.2, 0) is 6.42 Å². The average molecular weight is 191 g/mol. The van der Waals surface area contributed by atoms with Gasteiger partial charge < -0.3 is 10.8 Å². The number of fused-ring (bicyclic) bond motifs is 1. The van der Waals surface area contributed by atoms with Gasteiger partial charge in [0.15, 0.2) is 0 Å². The van der Waals surface area contributed by atoms with Gasteiger partial charge in [-0.2, -0.15) is 0 Å². The van der Waals surface area contributed by atoms with Crippen LogP contribution in [0.25, 0.3) is 0 Å². The zero-order valence-electron chi connectivity index (χ0n) is 8.53. The van der Waals surface area contributed by atoms with Crippen LogP contribution >= 0.6 is 0 Å². The third-order valence-electron chi connectivity index (χ3n) is 3.06. The maximum atomic E-state index is 9.93. The molecule has 2 atom stereocenters. The van der Waals surface area contributed by atoms with Crippen LogP contribution in [0, 0.1) is 12.8 Å². The highest BCUT2D eigenvalue weighted by atomic mass is 16.3. The summed E-state index contributed by atoms with van der Waals surface area (Å²) in [5, 5.41) is 9.93. The lowest BCUT2D eigenvalue weighted by molar-refractivity contribution is 0.133. The number of hydrogen-bond donors (Lipinski definition) is 2. The van der Waals surface area contributed by atoms with E-state index in [4.69, 9.17) is 5.73 Å². The Balaban J connectivity index is 2.35. The highest BCUT2D eigenvalue weighted by molar-refractivity contribution is 5.35. The predicted molar refractivity (Wildman–Crippen MR) is 57.0 cm³/mol. The van der Waals surface area contributed by atoms with Crippen molar-refractivity contribution in [2.24, 2.45) is 11.7 Å². The van der Waals surface area contributed by atoms with Crippen LogP contribution in [0.4, 0.5) is 0 Å². The summed E-state index contributed by atoms with van der Waals surface area (Å²) in [6, 6.07) is 6.31. The number of aryl methyl sites for hydroxylation is 1. The van der Waals surface area contributed by atoms with Gasteiger partial charge in [0.1, 0.15) is 0 Å². The Hall–Kier alpha value is -0.860. The van der Waals surface area contributed by atoms with E-state index in [-0.39, 0.29) is 6.10 Å². The molecule has 0 bridgehead atoms. The summed E-state index contributed by atoms with van der Waals surface area (Å²) in [6.07, 6.45) is 1.52. The largest absolute Gasteiger partial charge is 0.388 e. The summed E-state index contributed by atoms with van der Waals surface area (Å²) in [7, 11) is 0. The summed E-state index contributed by atoms with van der Waals surface area (Å²) >= 11 is 0. The molecule has 1 aliphatic carbocycles. The van der Waals surface area contributed by atoms with Crippen LogP contribution in [0.15, 0.2) is 18.2 Å². The van der Waals surface area contributed by atoms with Crippen molar-refractivity contribution in [2.75, 3.05) is 6.54 Å². The van der Waals surface area contributed by atoms with Crippen molar-refractivity contribution < 1.29 is 5.11 Å². The van der Waals surface area contributed by atoms with Gasteiger partial charge in [-0.15, -0.1) is 0 Å². The van der Waals surface area contributed by atoms with Crippen LogP contribution in [0.1, 0.15) is 29.2 Å². The summed E-state index contributed by atoms with van der Waals surface area (Å²) < 4.78 is 0. The second kappa shape index (κ2) is 3.71. The van der Waals surface area contributed by atoms with Gasteiger partial charge in [0.25, 0.3) is 0 Å². The fraction of sp³-hybridized carbons (Fsp3) is 0.500. The van der Waals surface area contributed by atoms with Crippen molar-refractivity contribution in [3.8, 4) is 0 Å². The maximum Gasteiger partial charge on any atom is 0.0796 e. The topological polar surface area (TPSA) is 46.2 Å². The molecule has 0 saturated carbocycles. The van der Waals surface area contributed by atoms with E-state index >= 15 is 0 Å². The van der Waals surface area contributed by atoms with Crippen molar-refractivity contribution in [1.82, 2.24) is 0 Å². The molecule has 0 saturated heterocycles. The standard InChI is InChI=1S/C12H17NO/c1-8-2-3-10-5-9(7-13)6-12(14)11(10)4-8/h2-4,9,12,14H,5-7,13H2,1H3. The number of rotatable bonds is 1. The molecule has 0 aliphatic heterocycles. The summed E-state index contributed by atoms with van der Waals surface area (Å²) in [5.74, 6) is 0.445. The Bertz CT molecular complexity index is 335. The van der Waals surface area contributed by atoms with Gasteiger partial charge >= 0.3 is 0 Å². The van der Waals surface area contributed by atoms with Gasteiger partial charge in [0.2, 0.25) is 0 Å². The molecule has 0 fully saturated rings. The van der Waals surface area contributed by atoms with Crippen molar-refractivity contribution in [1.29, 1.82) is 0 Å². The Morgan fingerprint density at radius 2 is 2.29 bits per heavy atom. The third-order valence-corrected chi connectivity index (χ3v) is 3.06. The molecule has 76 valence electrons. The van der Waals surface area contributed by atoms with E-state index < -0.39 is 0 Å². The molecule has 2 heteroatoms. The number of aliphatic hydroxyl groups excluding tert-OH is 1. The lowest BCUT2D eigenvalue weighted by Gasteiger charge is -2.28. The van der Waals surface area contributed by atoms with Gasteiger partial charge in [-0.1, -0.05) is 23.8 Å². The molecule has 2 nitrogen and oxygen atoms in total. The molecular weight excluding hydrogens is 174 g/mol. The second-order valence-corrected chi connectivity index (χ2v) is 4.26. The number of hydrogen-bond acceptors (Lipinski definition) is 2. The van der Waals surface area contributed by atoms with Crippen LogP contribution < -0.4 is 5.73 Å². The fourth-order valence-corrected chi connectivity index (χ4v) is 2.23. The first kappa shape index (κ1) is 9.69. The van der Waals surface area contributed by atoms with E-state index in [1.165, 1.54) is 11.1 Å². The molecule has 0 radical (unpaired) electrons. The number of benzene rings is 1. The van der Waals surface area contributed by atoms with E-state index in [0.717, 1.165) is 18.4 Å². The lowest BCUT2D eigenvalue weighted by Crippen LogP contribution is -2.24. The van der Waals surface area contributed by atoms with E-state index in [1.54, 1.807) is 0 Å². The van der Waals surface area contributed by atoms with Gasteiger partial charge in [-0.3, -0.25) is 0 Å². The molecular formula is C12H17NO. The maximum absolute atomic E-state index is 9.93. The highest BCUT2D eigenvalue weighted by Crippen LogP contribution is 2.33. The normalized spacial score (nSPS) is 25.9. The number of nitrogens with two attached hydrogens (primary N) is 1. The molecule has 0 spiro atoms. The first-order valence-electron chi connectivity index (χ1n) is 5.18. The molecule has 1 aliphatic rings. The summed E-state index contributed by atoms with van der Waals surface area (Å²) in [5.41, 5.74) is 9.23. The zero-order valence-corrected chi connectivity index (χ0v) is 8.53. The van der Waals surface area contributed by atoms with Crippen LogP contribution in [0.2, 0.25) is 0 Å². The zero-order chi connectivity index (χ0) is 10.1. The van der Waals surface area contributed by atoms with Crippen LogP contribution in [-0.4, -0.2) is 11.7 Å². The minimum absolute atomic E-state index is 0.313. The highest BCUT2D eigenvalue weighted by Gasteiger charge is 2.24. The minimum atomic E-state index is -0.313. The molecule has 1 aromatic carbocycles. The summed E-state index contributed by atoms with van der Waals surface area (Å²) in [6.45, 7) is 2.73. The Morgan fingerprint density at radius 1 is 1.50 bits per heavy atom. The van der Waals surface area contributed by atoms with Gasteiger partial charge in [-0.05, 0) is 43.4 Å². The molecule has 2 rings (SSSR count). The molecule has 0 aromatic heterocycles. The Morgan fingerprint density at radius 3 is 3.00 bits per heavy atom. The number of aliphatic hydroxyl groups is 1. The van der Waals surface area contributed by atoms with Crippen molar-refractivity contribution >= 4 is 0 Å². The van der Waals surface area contributed by atoms with E-state index in [0.29, 0.717) is 12.5 Å². The van der Waals surface area contributed by atoms with Crippen molar-refractivity contribution in [3.63, 3.8) is 0 Å². The SMILES string of the molecule is Cc1ccc2c(c1)C(O)CC(CN)C2. The van der Waals surface area contributed by atoms with Gasteiger partial charge in [0.05, 0.1) is 6.10 Å². The first-order chi connectivity index (χ1) is 6.70. The van der Waals surface area contributed by atoms with Crippen LogP contribution in [0.5, 0.6) is 0 Å². The van der Waals surface area contributed by atoms with Gasteiger partial charge in [-0.25, -0.2) is 0 Å². The predicted octanol–water partition coefficient (Wildman–Crippen LogP) is 1.55. The lowest BCUT2D eigenvalue weighted by atomic mass is 9.81. The van der Waals surface area contributed by atoms with E-state index in [9.17, 15) is 5.11 Å². The van der Waals surface area contributed by atoms with E-state index in [2.05, 4.69) is 25.1 Å². The molecule has 0 amide bonds. The first-order valence-corrected chi connectivity index (χ1v) is 5.18. The Labute approximate surface area is 84.7 Å². The average Bonchev–Trinajstić information content (AvgIpc) is 2.19. The molecule has 14 heavy (non-hydrogen) atoms. The van der Waals surface area contributed by atoms with E-state index in [1.807, 2.05) is 0 Å². The van der Waals surface area contributed by atoms with Crippen LogP contribution in [0.3, 0.4) is 0 Å². The molecule has 0 heterocycles. The van der Waals surface area contributed by atoms with Crippen molar-refractivity contribution in [2.45, 2.75) is 25.9 Å². The molecule has 2 unspecified atom stereocenters. The quantitative estimate of drug-likeness (QED) is 0.707. The molecule has 3 N–H and O–H groups in total. The minimum Gasteiger partial charge on any atom is -0.388 e.